The molecule has 0 aliphatic carbocycles. The standard InChI is InChI=1S/C27H26F2N2O/c28-22-9-5-19(6-10-22)25(20-7-11-23(29)12-8-20)18-30-15-13-24(14-16-30)31-26-4-2-1-3-21(26)17-27(31)32/h1-12,24-25H,13-18H2. The molecule has 0 aromatic heterocycles. The highest BCUT2D eigenvalue weighted by molar-refractivity contribution is 6.01. The first-order valence-electron chi connectivity index (χ1n) is 11.2. The van der Waals surface area contributed by atoms with Gasteiger partial charge in [0.25, 0.3) is 0 Å². The van der Waals surface area contributed by atoms with Crippen molar-refractivity contribution >= 4 is 11.6 Å². The van der Waals surface area contributed by atoms with Gasteiger partial charge in [-0.2, -0.15) is 0 Å². The first-order valence-corrected chi connectivity index (χ1v) is 11.2. The Balaban J connectivity index is 1.30. The number of hydrogen-bond acceptors (Lipinski definition) is 2. The van der Waals surface area contributed by atoms with E-state index in [-0.39, 0.29) is 29.5 Å². The number of amides is 1. The van der Waals surface area contributed by atoms with Crippen LogP contribution >= 0.6 is 0 Å². The van der Waals surface area contributed by atoms with Gasteiger partial charge in [0, 0.05) is 37.3 Å². The number of piperidine rings is 1. The lowest BCUT2D eigenvalue weighted by atomic mass is 9.90. The van der Waals surface area contributed by atoms with Crippen LogP contribution < -0.4 is 4.90 Å². The van der Waals surface area contributed by atoms with Crippen LogP contribution in [0.2, 0.25) is 0 Å². The lowest BCUT2D eigenvalue weighted by Gasteiger charge is -2.38. The largest absolute Gasteiger partial charge is 0.309 e. The van der Waals surface area contributed by atoms with Crippen molar-refractivity contribution in [2.75, 3.05) is 24.5 Å². The molecule has 5 rings (SSSR count). The Bertz CT molecular complexity index is 1040. The second kappa shape index (κ2) is 8.83. The maximum Gasteiger partial charge on any atom is 0.231 e. The first-order chi connectivity index (χ1) is 15.6. The Morgan fingerprint density at radius 1 is 0.812 bits per heavy atom. The lowest BCUT2D eigenvalue weighted by molar-refractivity contribution is -0.118. The zero-order chi connectivity index (χ0) is 22.1. The van der Waals surface area contributed by atoms with E-state index in [0.717, 1.165) is 54.9 Å². The van der Waals surface area contributed by atoms with Gasteiger partial charge in [-0.15, -0.1) is 0 Å². The van der Waals surface area contributed by atoms with Crippen LogP contribution in [0.3, 0.4) is 0 Å². The summed E-state index contributed by atoms with van der Waals surface area (Å²) < 4.78 is 27.0. The Morgan fingerprint density at radius 3 is 1.97 bits per heavy atom. The molecular weight excluding hydrogens is 406 g/mol. The molecule has 3 nitrogen and oxygen atoms in total. The third-order valence-electron chi connectivity index (χ3n) is 6.77. The normalized spacial score (nSPS) is 17.2. The molecular formula is C27H26F2N2O. The second-order valence-electron chi connectivity index (χ2n) is 8.76. The van der Waals surface area contributed by atoms with Crippen molar-refractivity contribution in [2.45, 2.75) is 31.2 Å². The Kier molecular flexibility index (Phi) is 5.75. The van der Waals surface area contributed by atoms with E-state index in [0.29, 0.717) is 6.42 Å². The number of carbonyl (C=O) groups is 1. The number of benzene rings is 3. The molecule has 0 N–H and O–H groups in total. The first kappa shape index (κ1) is 20.8. The number of carbonyl (C=O) groups excluding carboxylic acids is 1. The summed E-state index contributed by atoms with van der Waals surface area (Å²) in [4.78, 5) is 17.1. The van der Waals surface area contributed by atoms with Crippen molar-refractivity contribution in [3.05, 3.63) is 101 Å². The third kappa shape index (κ3) is 4.17. The summed E-state index contributed by atoms with van der Waals surface area (Å²) >= 11 is 0. The summed E-state index contributed by atoms with van der Waals surface area (Å²) in [6.07, 6.45) is 2.33. The molecule has 3 aromatic carbocycles. The van der Waals surface area contributed by atoms with Crippen LogP contribution in [0.5, 0.6) is 0 Å². The van der Waals surface area contributed by atoms with Crippen molar-refractivity contribution in [3.8, 4) is 0 Å². The lowest BCUT2D eigenvalue weighted by Crippen LogP contribution is -2.47. The van der Waals surface area contributed by atoms with E-state index in [1.54, 1.807) is 0 Å². The van der Waals surface area contributed by atoms with E-state index >= 15 is 0 Å². The molecule has 5 heteroatoms. The maximum atomic E-state index is 13.5. The molecule has 0 radical (unpaired) electrons. The number of hydrogen-bond donors (Lipinski definition) is 0. The molecule has 0 saturated carbocycles. The van der Waals surface area contributed by atoms with Crippen LogP contribution in [-0.2, 0) is 11.2 Å². The Morgan fingerprint density at radius 2 is 1.38 bits per heavy atom. The van der Waals surface area contributed by atoms with Gasteiger partial charge in [-0.3, -0.25) is 4.79 Å². The van der Waals surface area contributed by atoms with Gasteiger partial charge >= 0.3 is 0 Å². The highest BCUT2D eigenvalue weighted by atomic mass is 19.1. The number of rotatable bonds is 5. The van der Waals surface area contributed by atoms with Gasteiger partial charge in [-0.05, 0) is 59.9 Å². The van der Waals surface area contributed by atoms with Crippen molar-refractivity contribution < 1.29 is 13.6 Å². The minimum absolute atomic E-state index is 0.0295. The van der Waals surface area contributed by atoms with Gasteiger partial charge in [-0.1, -0.05) is 42.5 Å². The Hall–Kier alpha value is -3.05. The van der Waals surface area contributed by atoms with Gasteiger partial charge in [0.15, 0.2) is 0 Å². The highest BCUT2D eigenvalue weighted by Crippen LogP contribution is 2.34. The zero-order valence-corrected chi connectivity index (χ0v) is 17.9. The fourth-order valence-corrected chi connectivity index (χ4v) is 5.09. The van der Waals surface area contributed by atoms with Crippen LogP contribution in [0.15, 0.2) is 72.8 Å². The fraction of sp³-hybridized carbons (Fsp3) is 0.296. The molecule has 1 fully saturated rings. The summed E-state index contributed by atoms with van der Waals surface area (Å²) in [5.74, 6) is -0.298. The van der Waals surface area contributed by atoms with Crippen LogP contribution in [0.25, 0.3) is 0 Å². The van der Waals surface area contributed by atoms with Gasteiger partial charge < -0.3 is 9.80 Å². The van der Waals surface area contributed by atoms with Gasteiger partial charge in [0.1, 0.15) is 11.6 Å². The smallest absolute Gasteiger partial charge is 0.231 e. The van der Waals surface area contributed by atoms with E-state index in [1.165, 1.54) is 24.3 Å². The average molecular weight is 433 g/mol. The second-order valence-corrected chi connectivity index (χ2v) is 8.76. The third-order valence-corrected chi connectivity index (χ3v) is 6.77. The van der Waals surface area contributed by atoms with Crippen LogP contribution in [0.4, 0.5) is 14.5 Å². The van der Waals surface area contributed by atoms with Crippen LogP contribution in [-0.4, -0.2) is 36.5 Å². The van der Waals surface area contributed by atoms with E-state index < -0.39 is 0 Å². The van der Waals surface area contributed by atoms with Crippen LogP contribution in [0.1, 0.15) is 35.4 Å². The molecule has 2 heterocycles. The molecule has 1 amide bonds. The number of fused-ring (bicyclic) bond motifs is 1. The van der Waals surface area contributed by atoms with Gasteiger partial charge in [0.05, 0.1) is 6.42 Å². The number of anilines is 1. The molecule has 164 valence electrons. The number of nitrogens with zero attached hydrogens (tertiary/aromatic N) is 2. The summed E-state index contributed by atoms with van der Waals surface area (Å²) in [7, 11) is 0. The fourth-order valence-electron chi connectivity index (χ4n) is 5.09. The van der Waals surface area contributed by atoms with E-state index in [9.17, 15) is 13.6 Å². The molecule has 0 bridgehead atoms. The molecule has 3 aromatic rings. The van der Waals surface area contributed by atoms with Crippen molar-refractivity contribution in [3.63, 3.8) is 0 Å². The molecule has 0 atom stereocenters. The van der Waals surface area contributed by atoms with Gasteiger partial charge in [0.2, 0.25) is 5.91 Å². The van der Waals surface area contributed by atoms with Crippen molar-refractivity contribution in [2.24, 2.45) is 0 Å². The van der Waals surface area contributed by atoms with Crippen LogP contribution in [0, 0.1) is 11.6 Å². The zero-order valence-electron chi connectivity index (χ0n) is 17.9. The predicted octanol–water partition coefficient (Wildman–Crippen LogP) is 5.15. The topological polar surface area (TPSA) is 23.6 Å². The monoisotopic (exact) mass is 432 g/mol. The predicted molar refractivity (Wildman–Crippen MR) is 122 cm³/mol. The van der Waals surface area contributed by atoms with Crippen molar-refractivity contribution in [1.82, 2.24) is 4.90 Å². The number of para-hydroxylation sites is 1. The molecule has 2 aliphatic rings. The number of likely N-dealkylation sites (tertiary alicyclic amines) is 1. The summed E-state index contributed by atoms with van der Waals surface area (Å²) in [6, 6.07) is 21.5. The SMILES string of the molecule is O=C1Cc2ccccc2N1C1CCN(CC(c2ccc(F)cc2)c2ccc(F)cc2)CC1. The molecule has 0 spiro atoms. The molecule has 32 heavy (non-hydrogen) atoms. The minimum Gasteiger partial charge on any atom is -0.309 e. The van der Waals surface area contributed by atoms with Crippen molar-refractivity contribution in [1.29, 1.82) is 0 Å². The molecule has 0 unspecified atom stereocenters. The average Bonchev–Trinajstić information content (AvgIpc) is 3.15. The summed E-state index contributed by atoms with van der Waals surface area (Å²) in [5, 5.41) is 0. The number of halogens is 2. The van der Waals surface area contributed by atoms with E-state index in [2.05, 4.69) is 4.90 Å². The van der Waals surface area contributed by atoms with Gasteiger partial charge in [-0.25, -0.2) is 8.78 Å². The quantitative estimate of drug-likeness (QED) is 0.557. The highest BCUT2D eigenvalue weighted by Gasteiger charge is 2.35. The minimum atomic E-state index is -0.261. The molecule has 1 saturated heterocycles. The van der Waals surface area contributed by atoms with E-state index in [4.69, 9.17) is 0 Å². The Labute approximate surface area is 187 Å². The summed E-state index contributed by atoms with van der Waals surface area (Å²) in [5.41, 5.74) is 4.21. The maximum absolute atomic E-state index is 13.5. The summed E-state index contributed by atoms with van der Waals surface area (Å²) in [6.45, 7) is 2.54. The van der Waals surface area contributed by atoms with E-state index in [1.807, 2.05) is 53.4 Å². The molecule has 2 aliphatic heterocycles.